The van der Waals surface area contributed by atoms with Crippen molar-refractivity contribution in [2.24, 2.45) is 28.4 Å². The molecule has 178 valence electrons. The van der Waals surface area contributed by atoms with Crippen LogP contribution < -0.4 is 27.3 Å². The molecule has 1 aliphatic carbocycles. The van der Waals surface area contributed by atoms with Gasteiger partial charge in [-0.15, -0.1) is 0 Å². The number of nitrogens with two attached hydrogens (primary N) is 4. The van der Waals surface area contributed by atoms with Crippen LogP contribution in [-0.4, -0.2) is 33.9 Å². The van der Waals surface area contributed by atoms with Crippen molar-refractivity contribution in [1.82, 2.24) is 5.32 Å². The van der Waals surface area contributed by atoms with Crippen LogP contribution >= 0.6 is 0 Å². The molecule has 4 rings (SSSR count). The summed E-state index contributed by atoms with van der Waals surface area (Å²) in [5.41, 5.74) is 15.7. The molecule has 2 aromatic rings. The normalized spacial score (nSPS) is 23.5. The van der Waals surface area contributed by atoms with Crippen LogP contribution in [0.2, 0.25) is 0 Å². The fraction of sp³-hybridized carbons (Fsp3) is 0.480. The minimum absolute atomic E-state index is 0.0354. The zero-order chi connectivity index (χ0) is 23.6. The second-order valence-electron chi connectivity index (χ2n) is 9.62. The average molecular weight is 471 g/mol. The zero-order valence-corrected chi connectivity index (χ0v) is 19.9. The smallest absolute Gasteiger partial charge is 0.272 e. The fourth-order valence-electron chi connectivity index (χ4n) is 5.50. The number of amidine groups is 1. The molecule has 2 aromatic carbocycles. The van der Waals surface area contributed by atoms with Crippen LogP contribution in [0.3, 0.4) is 0 Å². The third kappa shape index (κ3) is 5.30. The van der Waals surface area contributed by atoms with E-state index >= 15 is 0 Å². The van der Waals surface area contributed by atoms with E-state index in [1.54, 1.807) is 0 Å². The third-order valence-electron chi connectivity index (χ3n) is 7.37. The van der Waals surface area contributed by atoms with E-state index < -0.39 is 10.0 Å². The highest BCUT2D eigenvalue weighted by atomic mass is 32.2. The van der Waals surface area contributed by atoms with Gasteiger partial charge in [0.1, 0.15) is 4.90 Å². The van der Waals surface area contributed by atoms with E-state index in [2.05, 4.69) is 17.4 Å². The van der Waals surface area contributed by atoms with Crippen molar-refractivity contribution in [3.8, 4) is 11.1 Å². The molecule has 2 fully saturated rings. The van der Waals surface area contributed by atoms with Crippen molar-refractivity contribution >= 4 is 15.9 Å². The Hall–Kier alpha value is -2.26. The van der Waals surface area contributed by atoms with E-state index in [1.807, 2.05) is 24.3 Å². The highest BCUT2D eigenvalue weighted by Gasteiger charge is 2.29. The first kappa shape index (κ1) is 23.9. The Kier molecular flexibility index (Phi) is 7.19. The van der Waals surface area contributed by atoms with Gasteiger partial charge in [0.05, 0.1) is 5.56 Å². The molecule has 2 aliphatic rings. The zero-order valence-electron chi connectivity index (χ0n) is 19.1. The molecule has 1 unspecified atom stereocenters. The predicted octanol–water partition coefficient (Wildman–Crippen LogP) is 0.850. The van der Waals surface area contributed by atoms with Gasteiger partial charge in [-0.05, 0) is 91.6 Å². The Morgan fingerprint density at radius 3 is 2.21 bits per heavy atom. The average Bonchev–Trinajstić information content (AvgIpc) is 3.33. The largest absolute Gasteiger partial charge is 0.330 e. The molecule has 1 atom stereocenters. The third-order valence-corrected chi connectivity index (χ3v) is 8.41. The molecule has 1 saturated heterocycles. The molecule has 7 nitrogen and oxygen atoms in total. The first-order chi connectivity index (χ1) is 15.8. The summed E-state index contributed by atoms with van der Waals surface area (Å²) in [6, 6.07) is 12.0. The van der Waals surface area contributed by atoms with Crippen LogP contribution in [0, 0.1) is 11.8 Å². The number of rotatable bonds is 7. The Bertz CT molecular complexity index is 1100. The number of primary sulfonamides is 1. The van der Waals surface area contributed by atoms with Crippen LogP contribution in [0.25, 0.3) is 11.1 Å². The van der Waals surface area contributed by atoms with Crippen molar-refractivity contribution < 1.29 is 13.8 Å². The van der Waals surface area contributed by atoms with Crippen LogP contribution in [0.15, 0.2) is 41.3 Å². The maximum Gasteiger partial charge on any atom is 0.272 e. The highest BCUT2D eigenvalue weighted by molar-refractivity contribution is 7.89. The van der Waals surface area contributed by atoms with Gasteiger partial charge in [-0.2, -0.15) is 0 Å². The van der Waals surface area contributed by atoms with E-state index in [-0.39, 0.29) is 10.7 Å². The van der Waals surface area contributed by atoms with E-state index in [9.17, 15) is 8.42 Å². The molecule has 1 saturated carbocycles. The Labute approximate surface area is 196 Å². The first-order valence-electron chi connectivity index (χ1n) is 11.9. The van der Waals surface area contributed by atoms with Gasteiger partial charge in [-0.25, -0.2) is 13.6 Å². The molecule has 0 bridgehead atoms. The van der Waals surface area contributed by atoms with Crippen LogP contribution in [0.5, 0.6) is 0 Å². The highest BCUT2D eigenvalue weighted by Crippen LogP contribution is 2.36. The van der Waals surface area contributed by atoms with Crippen molar-refractivity contribution in [2.75, 3.05) is 19.6 Å². The second-order valence-corrected chi connectivity index (χ2v) is 11.1. The van der Waals surface area contributed by atoms with E-state index in [0.29, 0.717) is 47.4 Å². The molecule has 0 amide bonds. The lowest BCUT2D eigenvalue weighted by atomic mass is 9.79. The van der Waals surface area contributed by atoms with Crippen LogP contribution in [0.4, 0.5) is 0 Å². The molecule has 0 spiro atoms. The molecular weight excluding hydrogens is 434 g/mol. The van der Waals surface area contributed by atoms with E-state index in [4.69, 9.17) is 22.0 Å². The SMILES string of the molecule is NCC1CCC(Cc2ccc(-c3ccc(C4CCNC4)cc3)c(C(N)=[NH2+])c2S(N)(=O)=O)CC1. The van der Waals surface area contributed by atoms with Gasteiger partial charge in [-0.3, -0.25) is 11.1 Å². The predicted molar refractivity (Wildman–Crippen MR) is 132 cm³/mol. The summed E-state index contributed by atoms with van der Waals surface area (Å²) in [5, 5.41) is 15.2. The molecular formula is C25H36N5O2S+. The van der Waals surface area contributed by atoms with E-state index in [0.717, 1.165) is 50.8 Å². The maximum absolute atomic E-state index is 12.8. The summed E-state index contributed by atoms with van der Waals surface area (Å²) >= 11 is 0. The Morgan fingerprint density at radius 2 is 1.67 bits per heavy atom. The van der Waals surface area contributed by atoms with Crippen LogP contribution in [0.1, 0.15) is 54.7 Å². The van der Waals surface area contributed by atoms with Crippen molar-refractivity contribution in [3.05, 3.63) is 53.1 Å². The Morgan fingerprint density at radius 1 is 1.00 bits per heavy atom. The summed E-state index contributed by atoms with van der Waals surface area (Å²) in [6.07, 6.45) is 5.96. The van der Waals surface area contributed by atoms with Gasteiger partial charge >= 0.3 is 0 Å². The lowest BCUT2D eigenvalue weighted by Gasteiger charge is -2.28. The van der Waals surface area contributed by atoms with Crippen molar-refractivity contribution in [1.29, 1.82) is 0 Å². The van der Waals surface area contributed by atoms with Gasteiger partial charge in [0.25, 0.3) is 5.84 Å². The summed E-state index contributed by atoms with van der Waals surface area (Å²) < 4.78 is 25.5. The summed E-state index contributed by atoms with van der Waals surface area (Å²) in [5.74, 6) is 1.42. The van der Waals surface area contributed by atoms with Gasteiger partial charge in [0.15, 0.2) is 0 Å². The molecule has 33 heavy (non-hydrogen) atoms. The topological polar surface area (TPSA) is 150 Å². The van der Waals surface area contributed by atoms with Gasteiger partial charge in [-0.1, -0.05) is 36.4 Å². The summed E-state index contributed by atoms with van der Waals surface area (Å²) in [6.45, 7) is 2.72. The van der Waals surface area contributed by atoms with Crippen molar-refractivity contribution in [3.63, 3.8) is 0 Å². The standard InChI is InChI=1S/C25H35N5O2S/c26-14-17-3-1-16(2-4-17)13-20-9-10-22(23(25(27)28)24(20)33(29,31)32)19-7-5-18(6-8-19)21-11-12-30-15-21/h5-10,16-17,21,30H,1-4,11-15,26H2,(H3,27,28)(H2,29,31,32)/p+1. The van der Waals surface area contributed by atoms with E-state index in [1.165, 1.54) is 5.56 Å². The number of hydrogen-bond acceptors (Lipinski definition) is 4. The van der Waals surface area contributed by atoms with Crippen molar-refractivity contribution in [2.45, 2.75) is 49.3 Å². The van der Waals surface area contributed by atoms with Gasteiger partial charge < -0.3 is 11.1 Å². The molecule has 8 heteroatoms. The molecule has 0 aromatic heterocycles. The molecule has 9 N–H and O–H groups in total. The monoisotopic (exact) mass is 470 g/mol. The minimum atomic E-state index is -4.04. The fourth-order valence-corrected chi connectivity index (χ4v) is 6.52. The lowest BCUT2D eigenvalue weighted by molar-refractivity contribution is -0.114. The molecule has 1 aliphatic heterocycles. The number of nitrogens with one attached hydrogen (secondary N) is 1. The number of benzene rings is 2. The first-order valence-corrected chi connectivity index (χ1v) is 13.4. The van der Waals surface area contributed by atoms with Gasteiger partial charge in [0, 0.05) is 6.54 Å². The maximum atomic E-state index is 12.8. The number of hydrogen-bond donors (Lipinski definition) is 5. The minimum Gasteiger partial charge on any atom is -0.330 e. The quantitative estimate of drug-likeness (QED) is 0.300. The lowest BCUT2D eigenvalue weighted by Crippen LogP contribution is -2.47. The Balaban J connectivity index is 1.71. The second kappa shape index (κ2) is 9.93. The van der Waals surface area contributed by atoms with Gasteiger partial charge in [0.2, 0.25) is 10.0 Å². The molecule has 1 heterocycles. The number of sulfonamides is 1. The van der Waals surface area contributed by atoms with Crippen LogP contribution in [-0.2, 0) is 16.4 Å². The summed E-state index contributed by atoms with van der Waals surface area (Å²) in [7, 11) is -4.04. The summed E-state index contributed by atoms with van der Waals surface area (Å²) in [4.78, 5) is 0.0602. The molecule has 0 radical (unpaired) electrons.